The summed E-state index contributed by atoms with van der Waals surface area (Å²) < 4.78 is 44.9. The second kappa shape index (κ2) is 47.8. The fourth-order valence-corrected chi connectivity index (χ4v) is 13.7. The highest BCUT2D eigenvalue weighted by Crippen LogP contribution is 2.38. The van der Waals surface area contributed by atoms with E-state index in [4.69, 9.17) is 84.5 Å². The smallest absolute Gasteiger partial charge is 0.323 e. The maximum Gasteiger partial charge on any atom is 0.323 e. The Morgan fingerprint density at radius 1 is 0.463 bits per heavy atom. The average Bonchev–Trinajstić information content (AvgIpc) is 1.33. The number of hydrogen-bond acceptors (Lipinski definition) is 32. The molecule has 6 aliphatic heterocycles. The van der Waals surface area contributed by atoms with Gasteiger partial charge in [0.2, 0.25) is 0 Å². The number of aliphatic carboxylic acids is 2. The van der Waals surface area contributed by atoms with E-state index in [-0.39, 0.29) is 133 Å². The highest BCUT2D eigenvalue weighted by atomic mass is 16.6. The van der Waals surface area contributed by atoms with Gasteiger partial charge >= 0.3 is 29.8 Å². The predicted octanol–water partition coefficient (Wildman–Crippen LogP) is -0.697. The zero-order valence-corrected chi connectivity index (χ0v) is 64.3. The number of β-amino-alcohol motifs (C(OH)–C–C–N with tert-alkyl or cyclic N) is 6. The van der Waals surface area contributed by atoms with Crippen molar-refractivity contribution in [2.24, 2.45) is 11.8 Å². The van der Waals surface area contributed by atoms with Crippen LogP contribution in [0.25, 0.3) is 0 Å². The van der Waals surface area contributed by atoms with Crippen LogP contribution >= 0.6 is 0 Å². The van der Waals surface area contributed by atoms with Gasteiger partial charge in [0.1, 0.15) is 17.6 Å². The maximum absolute atomic E-state index is 12.9. The summed E-state index contributed by atoms with van der Waals surface area (Å²) in [6, 6.07) is 4.18. The SMILES string of the molecule is CN1C[C@H](O)C[C@H]1C(=O)O.CN1C[C@H](O)C[C@H]1CO.COC(=O)[C@@H]1C[C@@H](O)CN1C.COC[C@@H]1C[C@@H](O)CN1C.COC[C@H]1CC[C@H](O)C1.COC[C@H]1C[C@@H](O)CN1C(=O)c1cc(OC)c(OC(C)=O)cc1N.COC[C@H]1C[C@@H](O)CN1C(=O)c1cc(OC)c(OC(C)=O)cc1[N+](=O)[O-].O=C(O)[C@H]1CC[C@H](O)C1. The van der Waals surface area contributed by atoms with Gasteiger partial charge in [0.05, 0.1) is 131 Å². The third-order valence-electron chi connectivity index (χ3n) is 19.2. The number of ether oxygens (including phenoxy) is 9. The number of anilines is 1. The van der Waals surface area contributed by atoms with Crippen LogP contribution in [-0.2, 0) is 47.7 Å². The Balaban J connectivity index is 0.000000335. The van der Waals surface area contributed by atoms with E-state index in [1.807, 2.05) is 19.0 Å². The number of nitro benzene ring substituents is 1. The molecule has 2 aromatic rings. The Bertz CT molecular complexity index is 3140. The van der Waals surface area contributed by atoms with Gasteiger partial charge in [0.15, 0.2) is 23.0 Å². The number of amides is 2. The number of nitrogens with two attached hydrogens (primary N) is 1. The summed E-state index contributed by atoms with van der Waals surface area (Å²) in [5.41, 5.74) is 5.59. The lowest BCUT2D eigenvalue weighted by Gasteiger charge is -2.24. The molecular weight excluding hydrogens is 1430 g/mol. The van der Waals surface area contributed by atoms with Crippen LogP contribution in [0.3, 0.4) is 0 Å². The van der Waals surface area contributed by atoms with Gasteiger partial charge in [-0.2, -0.15) is 0 Å². The van der Waals surface area contributed by atoms with E-state index in [0.717, 1.165) is 64.5 Å². The molecule has 16 atom stereocenters. The van der Waals surface area contributed by atoms with Crippen molar-refractivity contribution in [1.29, 1.82) is 0 Å². The van der Waals surface area contributed by atoms with Crippen molar-refractivity contribution in [2.45, 2.75) is 176 Å². The van der Waals surface area contributed by atoms with E-state index in [2.05, 4.69) is 9.64 Å². The van der Waals surface area contributed by atoms with Crippen molar-refractivity contribution in [2.75, 3.05) is 156 Å². The number of likely N-dealkylation sites (tertiary alicyclic amines) is 6. The molecule has 2 aliphatic carbocycles. The third-order valence-corrected chi connectivity index (χ3v) is 19.2. The van der Waals surface area contributed by atoms with Crippen LogP contribution in [0.4, 0.5) is 11.4 Å². The summed E-state index contributed by atoms with van der Waals surface area (Å²) in [5, 5.41) is 111. The second-order valence-electron chi connectivity index (χ2n) is 27.9. The van der Waals surface area contributed by atoms with Crippen LogP contribution in [0.5, 0.6) is 23.0 Å². The van der Waals surface area contributed by atoms with Gasteiger partial charge < -0.3 is 114 Å². The number of nitro groups is 1. The molecule has 2 saturated carbocycles. The fourth-order valence-electron chi connectivity index (χ4n) is 13.7. The molecule has 108 heavy (non-hydrogen) atoms. The lowest BCUT2D eigenvalue weighted by atomic mass is 10.1. The van der Waals surface area contributed by atoms with E-state index >= 15 is 0 Å². The summed E-state index contributed by atoms with van der Waals surface area (Å²) in [6.07, 6.45) is 4.95. The summed E-state index contributed by atoms with van der Waals surface area (Å²) in [5.74, 6) is -3.49. The lowest BCUT2D eigenvalue weighted by Crippen LogP contribution is -2.38. The minimum atomic E-state index is -0.848. The first-order valence-corrected chi connectivity index (χ1v) is 35.6. The summed E-state index contributed by atoms with van der Waals surface area (Å²) in [4.78, 5) is 101. The van der Waals surface area contributed by atoms with Crippen molar-refractivity contribution in [3.8, 4) is 23.0 Å². The Hall–Kier alpha value is -7.15. The van der Waals surface area contributed by atoms with Crippen LogP contribution in [0.2, 0.25) is 0 Å². The highest BCUT2D eigenvalue weighted by Gasteiger charge is 2.40. The first-order chi connectivity index (χ1) is 50.9. The minimum absolute atomic E-state index is 0.0113. The maximum atomic E-state index is 12.9. The second-order valence-corrected chi connectivity index (χ2v) is 27.9. The quantitative estimate of drug-likeness (QED) is 0.0272. The zero-order chi connectivity index (χ0) is 81.4. The molecule has 0 aromatic heterocycles. The van der Waals surface area contributed by atoms with Gasteiger partial charge in [-0.25, -0.2) is 0 Å². The highest BCUT2D eigenvalue weighted by molar-refractivity contribution is 6.01. The molecular formula is C71H118N8O29. The molecule has 0 radical (unpaired) electrons. The average molecular weight is 1550 g/mol. The zero-order valence-electron chi connectivity index (χ0n) is 64.3. The third kappa shape index (κ3) is 31.0. The number of carbonyl (C=O) groups excluding carboxylic acids is 5. The first-order valence-electron chi connectivity index (χ1n) is 35.6. The molecule has 2 aromatic carbocycles. The number of rotatable bonds is 19. The van der Waals surface area contributed by atoms with Crippen LogP contribution in [0, 0.1) is 22.0 Å². The van der Waals surface area contributed by atoms with Crippen LogP contribution in [0.1, 0.15) is 112 Å². The molecule has 0 spiro atoms. The van der Waals surface area contributed by atoms with Gasteiger partial charge in [0, 0.05) is 131 Å². The largest absolute Gasteiger partial charge is 0.493 e. The number of nitrogens with zero attached hydrogens (tertiary/aromatic N) is 7. The van der Waals surface area contributed by atoms with Crippen molar-refractivity contribution in [3.63, 3.8) is 0 Å². The number of carboxylic acid groups (broad SMARTS) is 2. The van der Waals surface area contributed by atoms with Gasteiger partial charge in [-0.15, -0.1) is 0 Å². The molecule has 0 bridgehead atoms. The van der Waals surface area contributed by atoms with E-state index in [9.17, 15) is 59.0 Å². The van der Waals surface area contributed by atoms with Gasteiger partial charge in [-0.3, -0.25) is 63.3 Å². The van der Waals surface area contributed by atoms with Crippen LogP contribution < -0.4 is 24.7 Å². The summed E-state index contributed by atoms with van der Waals surface area (Å²) in [7, 11) is 17.9. The number of nitrogen functional groups attached to an aromatic ring is 1. The van der Waals surface area contributed by atoms with E-state index in [0.29, 0.717) is 89.6 Å². The molecule has 616 valence electrons. The van der Waals surface area contributed by atoms with Gasteiger partial charge in [-0.1, -0.05) is 0 Å². The van der Waals surface area contributed by atoms with Gasteiger partial charge in [-0.05, 0) is 104 Å². The topological polar surface area (TPSA) is 514 Å². The van der Waals surface area contributed by atoms with Crippen molar-refractivity contribution >= 4 is 53.0 Å². The number of aliphatic hydroxyl groups excluding tert-OH is 9. The van der Waals surface area contributed by atoms with Crippen molar-refractivity contribution < 1.29 is 137 Å². The van der Waals surface area contributed by atoms with Crippen molar-refractivity contribution in [3.05, 3.63) is 45.5 Å². The molecule has 2 amide bonds. The molecule has 37 nitrogen and oxygen atoms in total. The molecule has 8 aliphatic rings. The minimum Gasteiger partial charge on any atom is -0.493 e. The molecule has 6 saturated heterocycles. The Kier molecular flexibility index (Phi) is 42.1. The molecule has 8 fully saturated rings. The number of likely N-dealkylation sites (N-methyl/N-ethyl adjacent to an activating group) is 4. The van der Waals surface area contributed by atoms with Gasteiger partial charge in [0.25, 0.3) is 17.5 Å². The van der Waals surface area contributed by atoms with Crippen LogP contribution in [-0.4, -0.2) is 368 Å². The van der Waals surface area contributed by atoms with Crippen molar-refractivity contribution in [1.82, 2.24) is 29.4 Å². The Morgan fingerprint density at radius 2 is 0.861 bits per heavy atom. The number of hydrogen-bond donors (Lipinski definition) is 12. The molecule has 10 rings (SSSR count). The normalized spacial score (nSPS) is 27.8. The number of esters is 3. The number of carboxylic acids is 2. The molecule has 6 heterocycles. The van der Waals surface area contributed by atoms with E-state index in [1.165, 1.54) is 57.3 Å². The number of carbonyl (C=O) groups is 7. The Morgan fingerprint density at radius 3 is 1.19 bits per heavy atom. The Labute approximate surface area is 629 Å². The van der Waals surface area contributed by atoms with E-state index in [1.54, 1.807) is 45.2 Å². The predicted molar refractivity (Wildman–Crippen MR) is 387 cm³/mol. The lowest BCUT2D eigenvalue weighted by molar-refractivity contribution is -0.385. The summed E-state index contributed by atoms with van der Waals surface area (Å²) >= 11 is 0. The number of aliphatic hydroxyl groups is 9. The fraction of sp³-hybridized carbons (Fsp3) is 0.732. The molecule has 37 heteroatoms. The molecule has 0 unspecified atom stereocenters. The standard InChI is InChI=1S/C16H20N2O8.C16H22N2O6.C7H13NO3.C7H15NO2.C7H14O2.C6H11NO3.C6H13NO2.C6H10O3/c1-9(19)26-15-6-13(18(22)23)12(5-14(15)25-3)16(21)17-7-11(20)4-10(17)8-24-2;1-9(19)24-15-6-13(17)12(5-14(15)23-3)16(21)18-7-11(20)4-10(18)8-22-2;1-8-4-5(9)3-6(8)7(10)11-2;1-8-4-7(9)3-6(8)5-10-2;1-9-5-6-2-3-7(8)4-6;1-7-3-4(8)2-5(7)6(9)10;1-7-3-6(9)2-5(7)4-8;7-5-2-1-4(3-5)6(8)9/h5-6,10-11,20H,4,7-8H2,1-3H3;5-6,10-11,20H,4,7-8,17H2,1-3H3;5-6,9H,3-4H2,1-2H3;6-7,9H,3-5H2,1-2H3;6-8H,2-5H2,1H3;4-5,8H,2-3H2,1H3,(H,9,10);5-6,8-9H,2-4H2,1H3;4-5,7H,1-3H2,(H,8,9)/t2*10-,11-;5-,6+;6-,7+;6-,7-;4-,5+;5-,6+;4-,5-/m11100100/s1. The number of methoxy groups -OCH3 is 7. The monoisotopic (exact) mass is 1550 g/mol. The summed E-state index contributed by atoms with van der Waals surface area (Å²) in [6.45, 7) is 7.39. The first kappa shape index (κ1) is 95.1. The number of benzene rings is 2. The molecule has 13 N–H and O–H groups in total. The van der Waals surface area contributed by atoms with E-state index < -0.39 is 70.8 Å². The van der Waals surface area contributed by atoms with Crippen LogP contribution in [0.15, 0.2) is 24.3 Å².